The predicted octanol–water partition coefficient (Wildman–Crippen LogP) is 1.18. The second kappa shape index (κ2) is 7.02. The van der Waals surface area contributed by atoms with E-state index in [1.165, 1.54) is 0 Å². The summed E-state index contributed by atoms with van der Waals surface area (Å²) in [5.74, 6) is 0. The van der Waals surface area contributed by atoms with Gasteiger partial charge in [-0.2, -0.15) is 17.0 Å². The normalized spacial score (nSPS) is 23.9. The lowest BCUT2D eigenvalue weighted by Crippen LogP contribution is -2.52. The molecule has 0 amide bonds. The predicted molar refractivity (Wildman–Crippen MR) is 77.2 cm³/mol. The van der Waals surface area contributed by atoms with E-state index in [1.54, 1.807) is 8.61 Å². The van der Waals surface area contributed by atoms with Crippen molar-refractivity contribution in [1.82, 2.24) is 13.9 Å². The van der Waals surface area contributed by atoms with Gasteiger partial charge in [-0.15, -0.1) is 0 Å². The minimum atomic E-state index is -3.25. The van der Waals surface area contributed by atoms with Gasteiger partial charge in [-0.3, -0.25) is 0 Å². The van der Waals surface area contributed by atoms with Crippen LogP contribution in [-0.2, 0) is 10.2 Å². The zero-order valence-electron chi connectivity index (χ0n) is 12.0. The SMILES string of the molecule is CCCN(C1CCNCC1)S(=O)(=O)N1CCCCC1. The summed E-state index contributed by atoms with van der Waals surface area (Å²) in [6.45, 7) is 5.98. The minimum absolute atomic E-state index is 0.188. The summed E-state index contributed by atoms with van der Waals surface area (Å²) in [7, 11) is -3.25. The molecule has 0 atom stereocenters. The van der Waals surface area contributed by atoms with Crippen LogP contribution < -0.4 is 5.32 Å². The Morgan fingerprint density at radius 2 is 1.79 bits per heavy atom. The van der Waals surface area contributed by atoms with E-state index >= 15 is 0 Å². The maximum Gasteiger partial charge on any atom is 0.282 e. The van der Waals surface area contributed by atoms with E-state index in [1.807, 2.05) is 0 Å². The summed E-state index contributed by atoms with van der Waals surface area (Å²) in [6, 6.07) is 0.188. The monoisotopic (exact) mass is 289 g/mol. The molecular weight excluding hydrogens is 262 g/mol. The molecule has 2 saturated heterocycles. The molecule has 0 saturated carbocycles. The van der Waals surface area contributed by atoms with Gasteiger partial charge in [-0.1, -0.05) is 13.3 Å². The second-order valence-corrected chi connectivity index (χ2v) is 7.44. The Hall–Kier alpha value is -0.170. The number of hydrogen-bond acceptors (Lipinski definition) is 3. The van der Waals surface area contributed by atoms with Gasteiger partial charge in [-0.05, 0) is 45.2 Å². The van der Waals surface area contributed by atoms with Crippen LogP contribution in [0.15, 0.2) is 0 Å². The fourth-order valence-electron chi connectivity index (χ4n) is 3.05. The molecule has 2 aliphatic heterocycles. The molecule has 2 fully saturated rings. The van der Waals surface area contributed by atoms with Crippen LogP contribution in [0, 0.1) is 0 Å². The van der Waals surface area contributed by atoms with E-state index in [0.29, 0.717) is 19.6 Å². The van der Waals surface area contributed by atoms with Crippen molar-refractivity contribution in [2.24, 2.45) is 0 Å². The fraction of sp³-hybridized carbons (Fsp3) is 1.00. The quantitative estimate of drug-likeness (QED) is 0.827. The van der Waals surface area contributed by atoms with Crippen molar-refractivity contribution in [3.05, 3.63) is 0 Å². The van der Waals surface area contributed by atoms with E-state index in [0.717, 1.165) is 51.6 Å². The first-order valence-corrected chi connectivity index (χ1v) is 9.03. The van der Waals surface area contributed by atoms with E-state index in [9.17, 15) is 8.42 Å². The maximum absolute atomic E-state index is 12.8. The maximum atomic E-state index is 12.8. The van der Waals surface area contributed by atoms with Crippen molar-refractivity contribution < 1.29 is 8.42 Å². The van der Waals surface area contributed by atoms with Crippen LogP contribution in [0.5, 0.6) is 0 Å². The fourth-order valence-corrected chi connectivity index (χ4v) is 5.06. The molecule has 1 N–H and O–H groups in total. The number of nitrogens with one attached hydrogen (secondary N) is 1. The van der Waals surface area contributed by atoms with Crippen LogP contribution >= 0.6 is 0 Å². The summed E-state index contributed by atoms with van der Waals surface area (Å²) in [5, 5.41) is 3.31. The third kappa shape index (κ3) is 3.68. The van der Waals surface area contributed by atoms with Gasteiger partial charge in [0.15, 0.2) is 0 Å². The van der Waals surface area contributed by atoms with Crippen molar-refractivity contribution >= 4 is 10.2 Å². The standard InChI is InChI=1S/C13H27N3O2S/c1-2-10-16(13-6-8-14-9-7-13)19(17,18)15-11-4-3-5-12-15/h13-14H,2-12H2,1H3. The van der Waals surface area contributed by atoms with Gasteiger partial charge in [0, 0.05) is 25.7 Å². The highest BCUT2D eigenvalue weighted by molar-refractivity contribution is 7.86. The van der Waals surface area contributed by atoms with Crippen LogP contribution in [0.2, 0.25) is 0 Å². The van der Waals surface area contributed by atoms with Crippen LogP contribution in [-0.4, -0.2) is 55.8 Å². The molecule has 0 spiro atoms. The van der Waals surface area contributed by atoms with Crippen LogP contribution in [0.25, 0.3) is 0 Å². The van der Waals surface area contributed by atoms with E-state index in [-0.39, 0.29) is 6.04 Å². The first-order chi connectivity index (χ1) is 9.16. The zero-order valence-corrected chi connectivity index (χ0v) is 12.8. The molecule has 0 bridgehead atoms. The molecule has 19 heavy (non-hydrogen) atoms. The van der Waals surface area contributed by atoms with Gasteiger partial charge in [0.25, 0.3) is 10.2 Å². The summed E-state index contributed by atoms with van der Waals surface area (Å²) in [5.41, 5.74) is 0. The smallest absolute Gasteiger partial charge is 0.282 e. The van der Waals surface area contributed by atoms with Gasteiger partial charge < -0.3 is 5.32 Å². The molecule has 0 aromatic rings. The Kier molecular flexibility index (Phi) is 5.62. The second-order valence-electron chi connectivity index (χ2n) is 5.56. The summed E-state index contributed by atoms with van der Waals surface area (Å²) in [6.07, 6.45) is 5.93. The average molecular weight is 289 g/mol. The Bertz CT molecular complexity index is 360. The highest BCUT2D eigenvalue weighted by atomic mass is 32.2. The van der Waals surface area contributed by atoms with Gasteiger partial charge in [-0.25, -0.2) is 0 Å². The lowest BCUT2D eigenvalue weighted by atomic mass is 10.1. The summed E-state index contributed by atoms with van der Waals surface area (Å²) in [4.78, 5) is 0. The van der Waals surface area contributed by atoms with Crippen molar-refractivity contribution in [1.29, 1.82) is 0 Å². The van der Waals surface area contributed by atoms with E-state index < -0.39 is 10.2 Å². The third-order valence-corrected chi connectivity index (χ3v) is 6.19. The molecule has 0 radical (unpaired) electrons. The topological polar surface area (TPSA) is 52.7 Å². The Morgan fingerprint density at radius 1 is 1.16 bits per heavy atom. The molecule has 2 rings (SSSR count). The first kappa shape index (κ1) is 15.2. The lowest BCUT2D eigenvalue weighted by Gasteiger charge is -2.38. The molecule has 0 unspecified atom stereocenters. The van der Waals surface area contributed by atoms with Crippen LogP contribution in [0.3, 0.4) is 0 Å². The van der Waals surface area contributed by atoms with Gasteiger partial charge in [0.1, 0.15) is 0 Å². The minimum Gasteiger partial charge on any atom is -0.317 e. The van der Waals surface area contributed by atoms with Crippen molar-refractivity contribution in [3.8, 4) is 0 Å². The van der Waals surface area contributed by atoms with Crippen molar-refractivity contribution in [2.45, 2.75) is 51.5 Å². The van der Waals surface area contributed by atoms with Gasteiger partial charge in [0.2, 0.25) is 0 Å². The number of hydrogen-bond donors (Lipinski definition) is 1. The Morgan fingerprint density at radius 3 is 2.37 bits per heavy atom. The van der Waals surface area contributed by atoms with Crippen LogP contribution in [0.1, 0.15) is 45.4 Å². The van der Waals surface area contributed by atoms with Crippen molar-refractivity contribution in [3.63, 3.8) is 0 Å². The number of piperidine rings is 2. The molecule has 0 aliphatic carbocycles. The first-order valence-electron chi connectivity index (χ1n) is 7.64. The van der Waals surface area contributed by atoms with E-state index in [2.05, 4.69) is 12.2 Å². The van der Waals surface area contributed by atoms with E-state index in [4.69, 9.17) is 0 Å². The average Bonchev–Trinajstić information content (AvgIpc) is 2.46. The lowest BCUT2D eigenvalue weighted by molar-refractivity contribution is 0.232. The summed E-state index contributed by atoms with van der Waals surface area (Å²) < 4.78 is 29.1. The molecular formula is C13H27N3O2S. The summed E-state index contributed by atoms with van der Waals surface area (Å²) >= 11 is 0. The van der Waals surface area contributed by atoms with Crippen LogP contribution in [0.4, 0.5) is 0 Å². The van der Waals surface area contributed by atoms with Crippen molar-refractivity contribution in [2.75, 3.05) is 32.7 Å². The third-order valence-electron chi connectivity index (χ3n) is 4.10. The molecule has 0 aromatic carbocycles. The molecule has 2 aliphatic rings. The molecule has 6 heteroatoms. The molecule has 5 nitrogen and oxygen atoms in total. The molecule has 0 aromatic heterocycles. The Balaban J connectivity index is 2.11. The zero-order chi connectivity index (χ0) is 13.7. The molecule has 2 heterocycles. The Labute approximate surface area is 117 Å². The number of rotatable bonds is 5. The highest BCUT2D eigenvalue weighted by Crippen LogP contribution is 2.22. The number of nitrogens with zero attached hydrogens (tertiary/aromatic N) is 2. The largest absolute Gasteiger partial charge is 0.317 e. The molecule has 112 valence electrons. The highest BCUT2D eigenvalue weighted by Gasteiger charge is 2.35. The van der Waals surface area contributed by atoms with Gasteiger partial charge >= 0.3 is 0 Å². The van der Waals surface area contributed by atoms with Gasteiger partial charge in [0.05, 0.1) is 0 Å².